The van der Waals surface area contributed by atoms with Crippen LogP contribution in [0.5, 0.6) is 0 Å². The van der Waals surface area contributed by atoms with Gasteiger partial charge < -0.3 is 10.0 Å². The first-order valence-corrected chi connectivity index (χ1v) is 8.26. The molecule has 2 N–H and O–H groups in total. The Labute approximate surface area is 118 Å². The first-order chi connectivity index (χ1) is 8.25. The van der Waals surface area contributed by atoms with E-state index in [9.17, 15) is 4.79 Å². The molecule has 1 fully saturated rings. The largest absolute Gasteiger partial charge is 0.480 e. The van der Waals surface area contributed by atoms with Crippen molar-refractivity contribution >= 4 is 36.4 Å². The second-order valence-corrected chi connectivity index (χ2v) is 8.22. The van der Waals surface area contributed by atoms with Crippen molar-refractivity contribution in [2.45, 2.75) is 37.0 Å². The van der Waals surface area contributed by atoms with Gasteiger partial charge in [0, 0.05) is 5.41 Å². The number of thioether (sulfide) groups is 2. The summed E-state index contributed by atoms with van der Waals surface area (Å²) < 4.78 is 0.409. The van der Waals surface area contributed by atoms with Crippen LogP contribution >= 0.6 is 23.5 Å². The van der Waals surface area contributed by atoms with Crippen LogP contribution in [-0.4, -0.2) is 39.0 Å². The summed E-state index contributed by atoms with van der Waals surface area (Å²) in [5.74, 6) is 1.70. The maximum atomic E-state index is 12.4. The van der Waals surface area contributed by atoms with Gasteiger partial charge in [0.05, 0.1) is 9.83 Å². The van der Waals surface area contributed by atoms with E-state index in [-0.39, 0.29) is 22.4 Å². The zero-order valence-electron chi connectivity index (χ0n) is 11.3. The summed E-state index contributed by atoms with van der Waals surface area (Å²) in [4.78, 5) is 12.4. The molecule has 0 aromatic heterocycles. The van der Waals surface area contributed by atoms with E-state index in [0.717, 1.165) is 6.42 Å². The van der Waals surface area contributed by atoms with Crippen molar-refractivity contribution in [1.29, 1.82) is 0 Å². The molecule has 1 heterocycles. The van der Waals surface area contributed by atoms with Gasteiger partial charge in [0.1, 0.15) is 0 Å². The molecule has 0 spiro atoms. The number of hydrogen-bond acceptors (Lipinski definition) is 5. The van der Waals surface area contributed by atoms with Crippen LogP contribution in [0.25, 0.3) is 0 Å². The van der Waals surface area contributed by atoms with Crippen molar-refractivity contribution in [3.05, 3.63) is 12.1 Å². The number of allylic oxidation sites excluding steroid dienone is 1. The standard InChI is InChI=1S/C12H21BO3S2/c1-12(2,3)11(14)10-8(5-6-13(15)16)7-9(17-4)18-10/h5-6,8-10,15-16H,7H2,1-4H3/b6-5+. The van der Waals surface area contributed by atoms with Crippen LogP contribution in [-0.2, 0) is 4.79 Å². The van der Waals surface area contributed by atoms with Crippen LogP contribution < -0.4 is 0 Å². The first kappa shape index (κ1) is 16.2. The highest BCUT2D eigenvalue weighted by Crippen LogP contribution is 2.46. The number of carbonyl (C=O) groups excluding carboxylic acids is 1. The van der Waals surface area contributed by atoms with Gasteiger partial charge in [-0.3, -0.25) is 4.79 Å². The smallest absolute Gasteiger partial charge is 0.424 e. The summed E-state index contributed by atoms with van der Waals surface area (Å²) in [6, 6.07) is 0. The molecule has 6 heteroatoms. The normalized spacial score (nSPS) is 28.9. The molecule has 18 heavy (non-hydrogen) atoms. The quantitative estimate of drug-likeness (QED) is 0.775. The summed E-state index contributed by atoms with van der Waals surface area (Å²) in [5.41, 5.74) is -0.352. The summed E-state index contributed by atoms with van der Waals surface area (Å²) in [6.45, 7) is 5.80. The van der Waals surface area contributed by atoms with E-state index in [2.05, 4.69) is 0 Å². The maximum absolute atomic E-state index is 12.4. The molecular formula is C12H21BO3S2. The maximum Gasteiger partial charge on any atom is 0.480 e. The molecule has 0 aromatic rings. The van der Waals surface area contributed by atoms with Crippen LogP contribution in [0.3, 0.4) is 0 Å². The highest BCUT2D eigenvalue weighted by atomic mass is 32.2. The van der Waals surface area contributed by atoms with Crippen molar-refractivity contribution in [2.24, 2.45) is 11.3 Å². The molecular weight excluding hydrogens is 267 g/mol. The van der Waals surface area contributed by atoms with Crippen molar-refractivity contribution in [2.75, 3.05) is 6.26 Å². The molecule has 1 rings (SSSR count). The van der Waals surface area contributed by atoms with Crippen LogP contribution in [0.15, 0.2) is 12.1 Å². The molecule has 0 radical (unpaired) electrons. The fourth-order valence-electron chi connectivity index (χ4n) is 1.92. The third-order valence-electron chi connectivity index (χ3n) is 2.94. The predicted octanol–water partition coefficient (Wildman–Crippen LogP) is 1.98. The van der Waals surface area contributed by atoms with E-state index in [1.54, 1.807) is 29.6 Å². The number of hydrogen-bond donors (Lipinski definition) is 2. The number of rotatable bonds is 4. The highest BCUT2D eigenvalue weighted by Gasteiger charge is 2.41. The lowest BCUT2D eigenvalue weighted by molar-refractivity contribution is -0.126. The molecule has 0 aliphatic carbocycles. The number of ketones is 1. The molecule has 1 aliphatic rings. The van der Waals surface area contributed by atoms with Crippen LogP contribution in [0, 0.1) is 11.3 Å². The molecule has 0 bridgehead atoms. The Morgan fingerprint density at radius 1 is 1.44 bits per heavy atom. The second-order valence-electron chi connectivity index (χ2n) is 5.53. The van der Waals surface area contributed by atoms with E-state index in [1.165, 1.54) is 5.98 Å². The molecule has 3 unspecified atom stereocenters. The van der Waals surface area contributed by atoms with Crippen LogP contribution in [0.1, 0.15) is 27.2 Å². The summed E-state index contributed by atoms with van der Waals surface area (Å²) in [5, 5.41) is 17.7. The monoisotopic (exact) mass is 288 g/mol. The Morgan fingerprint density at radius 2 is 2.06 bits per heavy atom. The third kappa shape index (κ3) is 4.33. The number of Topliss-reactive ketones (excluding diaryl/α,β-unsaturated/α-hetero) is 1. The van der Waals surface area contributed by atoms with Gasteiger partial charge in [-0.1, -0.05) is 32.8 Å². The summed E-state index contributed by atoms with van der Waals surface area (Å²) in [6.07, 6.45) is 4.73. The second kappa shape index (κ2) is 6.50. The van der Waals surface area contributed by atoms with Gasteiger partial charge in [-0.2, -0.15) is 11.8 Å². The lowest BCUT2D eigenvalue weighted by Crippen LogP contribution is -2.32. The SMILES string of the molecule is CSC1CC(/C=C/B(O)O)C(C(=O)C(C)(C)C)S1. The van der Waals surface area contributed by atoms with Gasteiger partial charge in [-0.05, 0) is 18.6 Å². The zero-order valence-corrected chi connectivity index (χ0v) is 12.9. The van der Waals surface area contributed by atoms with Gasteiger partial charge in [0.25, 0.3) is 0 Å². The molecule has 0 amide bonds. The lowest BCUT2D eigenvalue weighted by atomic mass is 9.82. The van der Waals surface area contributed by atoms with Crippen molar-refractivity contribution < 1.29 is 14.8 Å². The fourth-order valence-corrected chi connectivity index (χ4v) is 4.68. The Balaban J connectivity index is 2.82. The van der Waals surface area contributed by atoms with Gasteiger partial charge in [-0.15, -0.1) is 11.8 Å². The summed E-state index contributed by atoms with van der Waals surface area (Å²) >= 11 is 3.46. The molecule has 102 valence electrons. The van der Waals surface area contributed by atoms with E-state index in [1.807, 2.05) is 27.0 Å². The third-order valence-corrected chi connectivity index (χ3v) is 5.92. The average molecular weight is 288 g/mol. The fraction of sp³-hybridized carbons (Fsp3) is 0.750. The van der Waals surface area contributed by atoms with E-state index in [0.29, 0.717) is 4.58 Å². The van der Waals surface area contributed by atoms with Gasteiger partial charge >= 0.3 is 7.12 Å². The molecule has 1 aliphatic heterocycles. The van der Waals surface area contributed by atoms with Crippen molar-refractivity contribution in [3.63, 3.8) is 0 Å². The zero-order chi connectivity index (χ0) is 13.9. The Kier molecular flexibility index (Phi) is 5.83. The Morgan fingerprint density at radius 3 is 2.50 bits per heavy atom. The number of carbonyl (C=O) groups is 1. The van der Waals surface area contributed by atoms with E-state index < -0.39 is 7.12 Å². The molecule has 1 saturated heterocycles. The Hall–Kier alpha value is 0.0949. The minimum atomic E-state index is -1.44. The molecule has 0 saturated carbocycles. The minimum Gasteiger partial charge on any atom is -0.424 e. The van der Waals surface area contributed by atoms with Crippen molar-refractivity contribution in [3.8, 4) is 0 Å². The van der Waals surface area contributed by atoms with E-state index >= 15 is 0 Å². The van der Waals surface area contributed by atoms with Crippen LogP contribution in [0.4, 0.5) is 0 Å². The van der Waals surface area contributed by atoms with E-state index in [4.69, 9.17) is 10.0 Å². The molecule has 3 atom stereocenters. The first-order valence-electron chi connectivity index (χ1n) is 6.02. The summed E-state index contributed by atoms with van der Waals surface area (Å²) in [7, 11) is -1.44. The highest BCUT2D eigenvalue weighted by molar-refractivity contribution is 8.17. The molecule has 0 aromatic carbocycles. The van der Waals surface area contributed by atoms with Crippen LogP contribution in [0.2, 0.25) is 0 Å². The van der Waals surface area contributed by atoms with Gasteiger partial charge in [0.15, 0.2) is 5.78 Å². The predicted molar refractivity (Wildman–Crippen MR) is 80.6 cm³/mol. The average Bonchev–Trinajstić information content (AvgIpc) is 2.67. The Bertz CT molecular complexity index is 326. The lowest BCUT2D eigenvalue weighted by Gasteiger charge is -2.24. The minimum absolute atomic E-state index is 0.0718. The topological polar surface area (TPSA) is 57.5 Å². The van der Waals surface area contributed by atoms with Gasteiger partial charge in [-0.25, -0.2) is 0 Å². The molecule has 3 nitrogen and oxygen atoms in total. The van der Waals surface area contributed by atoms with Crippen molar-refractivity contribution in [1.82, 2.24) is 0 Å². The van der Waals surface area contributed by atoms with Gasteiger partial charge in [0.2, 0.25) is 0 Å².